The Balaban J connectivity index is 2.06. The van der Waals surface area contributed by atoms with Crippen LogP contribution in [-0.4, -0.2) is 45.6 Å². The Morgan fingerprint density at radius 1 is 1.36 bits per heavy atom. The first-order chi connectivity index (χ1) is 11.7. The molecule has 0 radical (unpaired) electrons. The summed E-state index contributed by atoms with van der Waals surface area (Å²) in [4.78, 5) is 29.5. The van der Waals surface area contributed by atoms with Crippen LogP contribution in [0.25, 0.3) is 10.4 Å². The Morgan fingerprint density at radius 3 is 2.68 bits per heavy atom. The number of amides is 2. The third kappa shape index (κ3) is 4.76. The summed E-state index contributed by atoms with van der Waals surface area (Å²) >= 11 is 1.25. The number of nitrogens with zero attached hydrogens (tertiary/aromatic N) is 2. The lowest BCUT2D eigenvalue weighted by molar-refractivity contribution is 0.0889. The molecule has 1 aromatic heterocycles. The van der Waals surface area contributed by atoms with Gasteiger partial charge >= 0.3 is 6.09 Å². The molecular formula is C17H20FN3O3S. The molecule has 0 fully saturated rings. The van der Waals surface area contributed by atoms with Crippen molar-refractivity contribution >= 4 is 23.3 Å². The molecule has 2 aromatic rings. The van der Waals surface area contributed by atoms with Gasteiger partial charge in [-0.3, -0.25) is 4.79 Å². The Bertz CT molecular complexity index is 770. The van der Waals surface area contributed by atoms with Gasteiger partial charge in [-0.2, -0.15) is 0 Å². The number of benzene rings is 1. The Kier molecular flexibility index (Phi) is 5.73. The first-order valence-corrected chi connectivity index (χ1v) is 8.56. The SMILES string of the molecule is CC(C)(C)N(CCNC(=O)c1ncsc1-c1cccc(F)c1)C(=O)O. The molecule has 0 saturated heterocycles. The maximum absolute atomic E-state index is 13.4. The molecule has 0 saturated carbocycles. The number of halogens is 1. The van der Waals surface area contributed by atoms with Crippen LogP contribution in [-0.2, 0) is 0 Å². The molecule has 6 nitrogen and oxygen atoms in total. The lowest BCUT2D eigenvalue weighted by atomic mass is 10.1. The van der Waals surface area contributed by atoms with Crippen LogP contribution < -0.4 is 5.32 Å². The second kappa shape index (κ2) is 7.60. The fraction of sp³-hybridized carbons (Fsp3) is 0.353. The molecule has 0 aliphatic carbocycles. The third-order valence-electron chi connectivity index (χ3n) is 3.53. The van der Waals surface area contributed by atoms with Crippen molar-refractivity contribution in [3.8, 4) is 10.4 Å². The highest BCUT2D eigenvalue weighted by molar-refractivity contribution is 7.13. The minimum Gasteiger partial charge on any atom is -0.465 e. The van der Waals surface area contributed by atoms with E-state index in [-0.39, 0.29) is 24.6 Å². The van der Waals surface area contributed by atoms with Gasteiger partial charge in [-0.1, -0.05) is 12.1 Å². The highest BCUT2D eigenvalue weighted by Gasteiger charge is 2.26. The van der Waals surface area contributed by atoms with Crippen LogP contribution in [0.5, 0.6) is 0 Å². The monoisotopic (exact) mass is 365 g/mol. The van der Waals surface area contributed by atoms with Crippen LogP contribution in [0, 0.1) is 5.82 Å². The highest BCUT2D eigenvalue weighted by Crippen LogP contribution is 2.28. The van der Waals surface area contributed by atoms with Gasteiger partial charge in [0.2, 0.25) is 0 Å². The summed E-state index contributed by atoms with van der Waals surface area (Å²) in [6, 6.07) is 5.95. The van der Waals surface area contributed by atoms with Crippen molar-refractivity contribution in [3.05, 3.63) is 41.3 Å². The summed E-state index contributed by atoms with van der Waals surface area (Å²) in [7, 11) is 0. The van der Waals surface area contributed by atoms with Gasteiger partial charge in [0.05, 0.1) is 10.4 Å². The molecular weight excluding hydrogens is 345 g/mol. The van der Waals surface area contributed by atoms with Crippen LogP contribution in [0.2, 0.25) is 0 Å². The van der Waals surface area contributed by atoms with Gasteiger partial charge in [0, 0.05) is 18.6 Å². The van der Waals surface area contributed by atoms with Crippen molar-refractivity contribution in [2.24, 2.45) is 0 Å². The van der Waals surface area contributed by atoms with E-state index in [4.69, 9.17) is 0 Å². The molecule has 2 rings (SSSR count). The summed E-state index contributed by atoms with van der Waals surface area (Å²) < 4.78 is 13.4. The van der Waals surface area contributed by atoms with E-state index in [0.29, 0.717) is 10.4 Å². The predicted molar refractivity (Wildman–Crippen MR) is 94.3 cm³/mol. The number of rotatable bonds is 5. The minimum atomic E-state index is -1.05. The molecule has 0 atom stereocenters. The quantitative estimate of drug-likeness (QED) is 0.850. The maximum Gasteiger partial charge on any atom is 0.407 e. The number of nitrogens with one attached hydrogen (secondary N) is 1. The maximum atomic E-state index is 13.4. The minimum absolute atomic E-state index is 0.155. The van der Waals surface area contributed by atoms with Gasteiger partial charge in [0.15, 0.2) is 0 Å². The number of hydrogen-bond donors (Lipinski definition) is 2. The van der Waals surface area contributed by atoms with Crippen molar-refractivity contribution in [2.75, 3.05) is 13.1 Å². The third-order valence-corrected chi connectivity index (χ3v) is 4.41. The van der Waals surface area contributed by atoms with Gasteiger partial charge in [-0.15, -0.1) is 11.3 Å². The smallest absolute Gasteiger partial charge is 0.407 e. The number of carbonyl (C=O) groups is 2. The molecule has 134 valence electrons. The van der Waals surface area contributed by atoms with E-state index >= 15 is 0 Å². The molecule has 0 spiro atoms. The van der Waals surface area contributed by atoms with Crippen LogP contribution in [0.4, 0.5) is 9.18 Å². The summed E-state index contributed by atoms with van der Waals surface area (Å²) in [5.74, 6) is -0.806. The second-order valence-corrected chi connectivity index (χ2v) is 7.26. The van der Waals surface area contributed by atoms with Crippen molar-refractivity contribution in [3.63, 3.8) is 0 Å². The van der Waals surface area contributed by atoms with Gasteiger partial charge in [-0.05, 0) is 38.5 Å². The van der Waals surface area contributed by atoms with Gasteiger partial charge in [-0.25, -0.2) is 14.2 Å². The van der Waals surface area contributed by atoms with E-state index in [0.717, 1.165) is 0 Å². The zero-order valence-corrected chi connectivity index (χ0v) is 15.1. The van der Waals surface area contributed by atoms with Gasteiger partial charge in [0.25, 0.3) is 5.91 Å². The molecule has 0 aliphatic rings. The topological polar surface area (TPSA) is 82.5 Å². The van der Waals surface area contributed by atoms with Gasteiger partial charge < -0.3 is 15.3 Å². The summed E-state index contributed by atoms with van der Waals surface area (Å²) in [5, 5.41) is 11.9. The fourth-order valence-corrected chi connectivity index (χ4v) is 3.11. The normalized spacial score (nSPS) is 11.2. The first-order valence-electron chi connectivity index (χ1n) is 7.68. The van der Waals surface area contributed by atoms with E-state index in [1.54, 1.807) is 32.9 Å². The van der Waals surface area contributed by atoms with E-state index in [2.05, 4.69) is 10.3 Å². The lowest BCUT2D eigenvalue weighted by Gasteiger charge is -2.33. The van der Waals surface area contributed by atoms with E-state index in [1.807, 2.05) is 0 Å². The first kappa shape index (κ1) is 18.9. The molecule has 2 N–H and O–H groups in total. The van der Waals surface area contributed by atoms with Crippen LogP contribution >= 0.6 is 11.3 Å². The summed E-state index contributed by atoms with van der Waals surface area (Å²) in [6.45, 7) is 5.66. The van der Waals surface area contributed by atoms with E-state index in [9.17, 15) is 19.1 Å². The number of hydrogen-bond acceptors (Lipinski definition) is 4. The van der Waals surface area contributed by atoms with E-state index in [1.165, 1.54) is 33.9 Å². The van der Waals surface area contributed by atoms with Crippen LogP contribution in [0.3, 0.4) is 0 Å². The largest absolute Gasteiger partial charge is 0.465 e. The van der Waals surface area contributed by atoms with Gasteiger partial charge in [0.1, 0.15) is 11.5 Å². The molecule has 2 amide bonds. The summed E-state index contributed by atoms with van der Waals surface area (Å²) in [6.07, 6.45) is -1.05. The number of aromatic nitrogens is 1. The van der Waals surface area contributed by atoms with Crippen molar-refractivity contribution in [2.45, 2.75) is 26.3 Å². The average molecular weight is 365 g/mol. The molecule has 0 bridgehead atoms. The Morgan fingerprint density at radius 2 is 2.08 bits per heavy atom. The Labute approximate surface area is 149 Å². The molecule has 0 aliphatic heterocycles. The standard InChI is InChI=1S/C17H20FN3O3S/c1-17(2,3)21(16(23)24)8-7-19-15(22)13-14(25-10-20-13)11-5-4-6-12(18)9-11/h4-6,9-10H,7-8H2,1-3H3,(H,19,22)(H,23,24). The average Bonchev–Trinajstić information content (AvgIpc) is 2.99. The molecule has 25 heavy (non-hydrogen) atoms. The van der Waals surface area contributed by atoms with Crippen molar-refractivity contribution < 1.29 is 19.1 Å². The second-order valence-electron chi connectivity index (χ2n) is 6.40. The summed E-state index contributed by atoms with van der Waals surface area (Å²) in [5.41, 5.74) is 1.74. The zero-order valence-electron chi connectivity index (χ0n) is 14.2. The highest BCUT2D eigenvalue weighted by atomic mass is 32.1. The fourth-order valence-electron chi connectivity index (χ4n) is 2.33. The number of thiazole rings is 1. The molecule has 8 heteroatoms. The van der Waals surface area contributed by atoms with Crippen molar-refractivity contribution in [1.29, 1.82) is 0 Å². The number of carboxylic acid groups (broad SMARTS) is 1. The predicted octanol–water partition coefficient (Wildman–Crippen LogP) is 3.46. The number of carbonyl (C=O) groups excluding carboxylic acids is 1. The Hall–Kier alpha value is -2.48. The molecule has 0 unspecified atom stereocenters. The van der Waals surface area contributed by atoms with Crippen molar-refractivity contribution in [1.82, 2.24) is 15.2 Å². The zero-order chi connectivity index (χ0) is 18.6. The molecule has 1 aromatic carbocycles. The van der Waals surface area contributed by atoms with Crippen LogP contribution in [0.15, 0.2) is 29.8 Å². The van der Waals surface area contributed by atoms with Crippen LogP contribution in [0.1, 0.15) is 31.3 Å². The van der Waals surface area contributed by atoms with E-state index < -0.39 is 17.5 Å². The lowest BCUT2D eigenvalue weighted by Crippen LogP contribution is -2.48. The molecule has 1 heterocycles.